The molecule has 4 rings (SSSR count). The van der Waals surface area contributed by atoms with E-state index in [0.29, 0.717) is 32.1 Å². The lowest BCUT2D eigenvalue weighted by Gasteiger charge is -2.44. The van der Waals surface area contributed by atoms with E-state index in [-0.39, 0.29) is 24.4 Å². The third kappa shape index (κ3) is 1.98. The molecule has 0 saturated carbocycles. The third-order valence-corrected chi connectivity index (χ3v) is 4.77. The maximum Gasteiger partial charge on any atom is 0.0926 e. The van der Waals surface area contributed by atoms with Crippen molar-refractivity contribution < 1.29 is 19.7 Å². The van der Waals surface area contributed by atoms with Crippen molar-refractivity contribution >= 4 is 0 Å². The molecule has 6 atom stereocenters. The highest BCUT2D eigenvalue weighted by atomic mass is 16.5. The molecule has 19 heavy (non-hydrogen) atoms. The van der Waals surface area contributed by atoms with Crippen LogP contribution in [0.5, 0.6) is 0 Å². The Kier molecular flexibility index (Phi) is 2.49. The maximum absolute atomic E-state index is 9.98. The molecule has 0 aromatic heterocycles. The van der Waals surface area contributed by atoms with E-state index in [1.807, 2.05) is 0 Å². The standard InChI is InChI=1S/C15H20O4/c16-10-5-12-1-3-14(7-10,18-12)9-15-4-2-13(19-15)6-11(17)8-15/h1-4,10-13,16-17H,5-9H2/t10-,11+,12+,13-,14-,15+. The van der Waals surface area contributed by atoms with Crippen LogP contribution in [0.4, 0.5) is 0 Å². The predicted molar refractivity (Wildman–Crippen MR) is 68.6 cm³/mol. The molecule has 0 aromatic carbocycles. The summed E-state index contributed by atoms with van der Waals surface area (Å²) in [7, 11) is 0. The monoisotopic (exact) mass is 264 g/mol. The zero-order valence-electron chi connectivity index (χ0n) is 10.9. The van der Waals surface area contributed by atoms with Crippen LogP contribution in [0.15, 0.2) is 24.3 Å². The zero-order chi connectivity index (χ0) is 13.1. The Labute approximate surface area is 112 Å². The Morgan fingerprint density at radius 1 is 0.895 bits per heavy atom. The lowest BCUT2D eigenvalue weighted by atomic mass is 9.79. The van der Waals surface area contributed by atoms with E-state index in [9.17, 15) is 10.2 Å². The second-order valence-electron chi connectivity index (χ2n) is 6.52. The summed E-state index contributed by atoms with van der Waals surface area (Å²) in [5.41, 5.74) is -0.836. The molecule has 4 aliphatic heterocycles. The highest BCUT2D eigenvalue weighted by Gasteiger charge is 2.51. The SMILES string of the molecule is O[C@@H]1C[C@@H]2C=C[C@](C[C@]34C=C[C@H](C[C@H](O)C3)O4)(C1)O2. The normalized spacial score (nSPS) is 54.8. The first-order valence-corrected chi connectivity index (χ1v) is 7.17. The predicted octanol–water partition coefficient (Wildman–Crippen LogP) is 1.07. The minimum Gasteiger partial charge on any atom is -0.393 e. The molecule has 0 spiro atoms. The summed E-state index contributed by atoms with van der Waals surface area (Å²) in [5.74, 6) is 0. The van der Waals surface area contributed by atoms with Crippen molar-refractivity contribution in [2.75, 3.05) is 0 Å². The summed E-state index contributed by atoms with van der Waals surface area (Å²) in [4.78, 5) is 0. The second kappa shape index (κ2) is 3.92. The van der Waals surface area contributed by atoms with Gasteiger partial charge >= 0.3 is 0 Å². The lowest BCUT2D eigenvalue weighted by Crippen LogP contribution is -2.49. The van der Waals surface area contributed by atoms with Crippen LogP contribution in [-0.2, 0) is 9.47 Å². The Hall–Kier alpha value is -0.680. The first-order chi connectivity index (χ1) is 9.07. The van der Waals surface area contributed by atoms with Crippen molar-refractivity contribution in [3.63, 3.8) is 0 Å². The van der Waals surface area contributed by atoms with E-state index < -0.39 is 11.2 Å². The van der Waals surface area contributed by atoms with Crippen molar-refractivity contribution in [2.24, 2.45) is 0 Å². The highest BCUT2D eigenvalue weighted by Crippen LogP contribution is 2.47. The van der Waals surface area contributed by atoms with E-state index in [1.165, 1.54) is 0 Å². The van der Waals surface area contributed by atoms with Crippen LogP contribution in [0.2, 0.25) is 0 Å². The zero-order valence-corrected chi connectivity index (χ0v) is 10.9. The minimum absolute atomic E-state index is 0.0369. The minimum atomic E-state index is -0.418. The van der Waals surface area contributed by atoms with E-state index in [1.54, 1.807) is 0 Å². The molecule has 0 aromatic rings. The first-order valence-electron chi connectivity index (χ1n) is 7.17. The van der Waals surface area contributed by atoms with Crippen molar-refractivity contribution in [1.29, 1.82) is 0 Å². The van der Waals surface area contributed by atoms with Gasteiger partial charge in [0.15, 0.2) is 0 Å². The Balaban J connectivity index is 1.58. The van der Waals surface area contributed by atoms with Gasteiger partial charge in [0.1, 0.15) is 0 Å². The van der Waals surface area contributed by atoms with Crippen LogP contribution in [0.25, 0.3) is 0 Å². The van der Waals surface area contributed by atoms with Gasteiger partial charge < -0.3 is 19.7 Å². The van der Waals surface area contributed by atoms with Crippen LogP contribution in [0, 0.1) is 0 Å². The van der Waals surface area contributed by atoms with Crippen LogP contribution >= 0.6 is 0 Å². The summed E-state index contributed by atoms with van der Waals surface area (Å²) in [6.45, 7) is 0. The van der Waals surface area contributed by atoms with E-state index in [4.69, 9.17) is 9.47 Å². The number of fused-ring (bicyclic) bond motifs is 4. The van der Waals surface area contributed by atoms with E-state index in [2.05, 4.69) is 24.3 Å². The van der Waals surface area contributed by atoms with Gasteiger partial charge in [-0.2, -0.15) is 0 Å². The Bertz CT molecular complexity index is 405. The molecular formula is C15H20O4. The summed E-state index contributed by atoms with van der Waals surface area (Å²) < 4.78 is 12.1. The second-order valence-corrected chi connectivity index (χ2v) is 6.52. The molecule has 4 heteroatoms. The quantitative estimate of drug-likeness (QED) is 0.733. The molecular weight excluding hydrogens is 244 g/mol. The van der Waals surface area contributed by atoms with Crippen molar-refractivity contribution in [2.45, 2.75) is 67.7 Å². The molecule has 4 aliphatic rings. The van der Waals surface area contributed by atoms with Gasteiger partial charge in [-0.3, -0.25) is 0 Å². The summed E-state index contributed by atoms with van der Waals surface area (Å²) >= 11 is 0. The van der Waals surface area contributed by atoms with Crippen molar-refractivity contribution in [3.8, 4) is 0 Å². The van der Waals surface area contributed by atoms with E-state index in [0.717, 1.165) is 0 Å². The summed E-state index contributed by atoms with van der Waals surface area (Å²) in [5, 5.41) is 20.0. The smallest absolute Gasteiger partial charge is 0.0926 e. The number of ether oxygens (including phenoxy) is 2. The first kappa shape index (κ1) is 12.1. The molecule has 2 fully saturated rings. The molecule has 0 unspecified atom stereocenters. The topological polar surface area (TPSA) is 58.9 Å². The third-order valence-electron chi connectivity index (χ3n) is 4.77. The van der Waals surface area contributed by atoms with Crippen molar-refractivity contribution in [1.82, 2.24) is 0 Å². The fraction of sp³-hybridized carbons (Fsp3) is 0.733. The molecule has 104 valence electrons. The van der Waals surface area contributed by atoms with Crippen LogP contribution in [0.1, 0.15) is 32.1 Å². The molecule has 0 aliphatic carbocycles. The Morgan fingerprint density at radius 2 is 1.37 bits per heavy atom. The van der Waals surface area contributed by atoms with Gasteiger partial charge in [0, 0.05) is 32.1 Å². The number of hydrogen-bond acceptors (Lipinski definition) is 4. The largest absolute Gasteiger partial charge is 0.393 e. The van der Waals surface area contributed by atoms with Gasteiger partial charge in [0.25, 0.3) is 0 Å². The van der Waals surface area contributed by atoms with Crippen LogP contribution in [-0.4, -0.2) is 45.8 Å². The molecule has 4 bridgehead atoms. The van der Waals surface area contributed by atoms with E-state index >= 15 is 0 Å². The number of hydrogen-bond donors (Lipinski definition) is 2. The average Bonchev–Trinajstić information content (AvgIpc) is 2.76. The Morgan fingerprint density at radius 3 is 1.84 bits per heavy atom. The highest BCUT2D eigenvalue weighted by molar-refractivity contribution is 5.24. The van der Waals surface area contributed by atoms with Crippen LogP contribution in [0.3, 0.4) is 0 Å². The van der Waals surface area contributed by atoms with Gasteiger partial charge in [-0.25, -0.2) is 0 Å². The lowest BCUT2D eigenvalue weighted by molar-refractivity contribution is -0.165. The number of aliphatic hydroxyl groups excluding tert-OH is 2. The van der Waals surface area contributed by atoms with Gasteiger partial charge in [0.2, 0.25) is 0 Å². The fourth-order valence-corrected chi connectivity index (χ4v) is 4.16. The summed E-state index contributed by atoms with van der Waals surface area (Å²) in [6, 6.07) is 0. The molecule has 0 amide bonds. The number of aliphatic hydroxyl groups is 2. The molecule has 0 radical (unpaired) electrons. The molecule has 2 saturated heterocycles. The van der Waals surface area contributed by atoms with Crippen LogP contribution < -0.4 is 0 Å². The molecule has 4 heterocycles. The van der Waals surface area contributed by atoms with Crippen molar-refractivity contribution in [3.05, 3.63) is 24.3 Å². The van der Waals surface area contributed by atoms with Gasteiger partial charge in [0.05, 0.1) is 35.6 Å². The number of rotatable bonds is 2. The maximum atomic E-state index is 9.98. The van der Waals surface area contributed by atoms with Gasteiger partial charge in [-0.05, 0) is 0 Å². The summed E-state index contributed by atoms with van der Waals surface area (Å²) in [6.07, 6.45) is 11.1. The van der Waals surface area contributed by atoms with Gasteiger partial charge in [-0.15, -0.1) is 0 Å². The fourth-order valence-electron chi connectivity index (χ4n) is 4.16. The van der Waals surface area contributed by atoms with Gasteiger partial charge in [-0.1, -0.05) is 24.3 Å². The average molecular weight is 264 g/mol. The molecule has 2 N–H and O–H groups in total. The molecule has 4 nitrogen and oxygen atoms in total.